The summed E-state index contributed by atoms with van der Waals surface area (Å²) in [6.07, 6.45) is 0. The lowest BCUT2D eigenvalue weighted by molar-refractivity contribution is 0.102. The lowest BCUT2D eigenvalue weighted by atomic mass is 10.1. The number of rotatable bonds is 3. The molecule has 0 aliphatic rings. The molecule has 0 atom stereocenters. The van der Waals surface area contributed by atoms with Gasteiger partial charge in [-0.3, -0.25) is 4.79 Å². The maximum atomic E-state index is 11.4. The minimum absolute atomic E-state index is 0.0409. The van der Waals surface area contributed by atoms with E-state index in [2.05, 4.69) is 15.9 Å². The topological polar surface area (TPSA) is 52.3 Å². The van der Waals surface area contributed by atoms with Crippen LogP contribution >= 0.6 is 15.9 Å². The van der Waals surface area contributed by atoms with Crippen LogP contribution in [0.1, 0.15) is 15.9 Å². The summed E-state index contributed by atoms with van der Waals surface area (Å²) in [7, 11) is 1.57. The fourth-order valence-corrected chi connectivity index (χ4v) is 1.55. The van der Waals surface area contributed by atoms with E-state index in [1.54, 1.807) is 19.2 Å². The van der Waals surface area contributed by atoms with Crippen molar-refractivity contribution in [1.29, 1.82) is 0 Å². The van der Waals surface area contributed by atoms with Gasteiger partial charge in [0.15, 0.2) is 5.78 Å². The van der Waals surface area contributed by atoms with Crippen LogP contribution < -0.4 is 10.5 Å². The molecular formula is C10H12BrNO2. The first kappa shape index (κ1) is 11.0. The van der Waals surface area contributed by atoms with E-state index in [1.807, 2.05) is 6.92 Å². The molecule has 76 valence electrons. The van der Waals surface area contributed by atoms with Gasteiger partial charge in [-0.15, -0.1) is 0 Å². The fourth-order valence-electron chi connectivity index (χ4n) is 1.24. The molecule has 1 rings (SSSR count). The third-order valence-corrected chi connectivity index (χ3v) is 2.50. The van der Waals surface area contributed by atoms with E-state index >= 15 is 0 Å². The van der Waals surface area contributed by atoms with E-state index in [9.17, 15) is 4.79 Å². The van der Waals surface area contributed by atoms with Crippen LogP contribution in [0.3, 0.4) is 0 Å². The Morgan fingerprint density at radius 2 is 2.21 bits per heavy atom. The molecule has 2 N–H and O–H groups in total. The molecule has 0 bridgehead atoms. The van der Waals surface area contributed by atoms with Crippen LogP contribution in [0.4, 0.5) is 5.69 Å². The van der Waals surface area contributed by atoms with E-state index < -0.39 is 0 Å². The zero-order chi connectivity index (χ0) is 10.7. The van der Waals surface area contributed by atoms with E-state index in [0.29, 0.717) is 17.0 Å². The summed E-state index contributed by atoms with van der Waals surface area (Å²) in [5, 5.41) is 0.267. The minimum Gasteiger partial charge on any atom is -0.496 e. The lowest BCUT2D eigenvalue weighted by Crippen LogP contribution is -2.06. The monoisotopic (exact) mass is 257 g/mol. The number of ketones is 1. The molecule has 0 aromatic heterocycles. The fraction of sp³-hybridized carbons (Fsp3) is 0.300. The number of aryl methyl sites for hydroxylation is 1. The summed E-state index contributed by atoms with van der Waals surface area (Å²) in [5.41, 5.74) is 7.65. The Morgan fingerprint density at radius 3 is 2.71 bits per heavy atom. The molecule has 0 saturated heterocycles. The van der Waals surface area contributed by atoms with Crippen molar-refractivity contribution >= 4 is 27.4 Å². The minimum atomic E-state index is -0.0409. The molecule has 0 amide bonds. The van der Waals surface area contributed by atoms with Crippen LogP contribution in [-0.4, -0.2) is 18.2 Å². The molecular weight excluding hydrogens is 246 g/mol. The summed E-state index contributed by atoms with van der Waals surface area (Å²) in [6, 6.07) is 3.42. The van der Waals surface area contributed by atoms with E-state index in [0.717, 1.165) is 5.56 Å². The Hall–Kier alpha value is -1.03. The molecule has 0 saturated carbocycles. The summed E-state index contributed by atoms with van der Waals surface area (Å²) in [6.45, 7) is 1.89. The maximum absolute atomic E-state index is 11.4. The van der Waals surface area contributed by atoms with E-state index in [-0.39, 0.29) is 11.1 Å². The highest BCUT2D eigenvalue weighted by Gasteiger charge is 2.11. The Kier molecular flexibility index (Phi) is 3.52. The number of hydrogen-bond donors (Lipinski definition) is 1. The predicted octanol–water partition coefficient (Wildman–Crippen LogP) is 2.16. The SMILES string of the molecule is COc1cc(C(=O)CBr)c(N)cc1C. The standard InChI is InChI=1S/C10H12BrNO2/c1-6-3-8(12)7(9(13)5-11)4-10(6)14-2/h3-4H,5,12H2,1-2H3. The van der Waals surface area contributed by atoms with Crippen LogP contribution in [0, 0.1) is 6.92 Å². The third-order valence-electron chi connectivity index (χ3n) is 1.99. The third kappa shape index (κ3) is 2.07. The normalized spacial score (nSPS) is 9.93. The van der Waals surface area contributed by atoms with Crippen LogP contribution in [0.2, 0.25) is 0 Å². The molecule has 0 unspecified atom stereocenters. The van der Waals surface area contributed by atoms with Crippen molar-refractivity contribution < 1.29 is 9.53 Å². The number of anilines is 1. The van der Waals surface area contributed by atoms with Crippen molar-refractivity contribution in [1.82, 2.24) is 0 Å². The average molecular weight is 258 g/mol. The van der Waals surface area contributed by atoms with Crippen LogP contribution in [-0.2, 0) is 0 Å². The molecule has 0 aliphatic heterocycles. The number of nitrogens with two attached hydrogens (primary N) is 1. The van der Waals surface area contributed by atoms with Gasteiger partial charge in [-0.2, -0.15) is 0 Å². The molecule has 0 radical (unpaired) electrons. The van der Waals surface area contributed by atoms with Crippen LogP contribution in [0.15, 0.2) is 12.1 Å². The van der Waals surface area contributed by atoms with E-state index in [1.165, 1.54) is 0 Å². The van der Waals surface area contributed by atoms with Gasteiger partial charge in [0.2, 0.25) is 0 Å². The molecule has 4 heteroatoms. The highest BCUT2D eigenvalue weighted by molar-refractivity contribution is 9.09. The smallest absolute Gasteiger partial charge is 0.175 e. The Bertz CT molecular complexity index is 363. The maximum Gasteiger partial charge on any atom is 0.175 e. The molecule has 14 heavy (non-hydrogen) atoms. The summed E-state index contributed by atoms with van der Waals surface area (Å²) in [4.78, 5) is 11.4. The van der Waals surface area contributed by atoms with Gasteiger partial charge in [0, 0.05) is 11.3 Å². The van der Waals surface area contributed by atoms with Gasteiger partial charge < -0.3 is 10.5 Å². The average Bonchev–Trinajstić information content (AvgIpc) is 2.17. The number of benzene rings is 1. The molecule has 0 spiro atoms. The zero-order valence-corrected chi connectivity index (χ0v) is 9.72. The number of hydrogen-bond acceptors (Lipinski definition) is 3. The van der Waals surface area contributed by atoms with Gasteiger partial charge in [-0.25, -0.2) is 0 Å². The quantitative estimate of drug-likeness (QED) is 0.513. The Morgan fingerprint density at radius 1 is 1.57 bits per heavy atom. The number of ether oxygens (including phenoxy) is 1. The van der Waals surface area contributed by atoms with Crippen molar-refractivity contribution in [2.24, 2.45) is 0 Å². The van der Waals surface area contributed by atoms with Crippen molar-refractivity contribution in [3.8, 4) is 5.75 Å². The van der Waals surface area contributed by atoms with Crippen molar-refractivity contribution in [3.05, 3.63) is 23.3 Å². The first-order chi connectivity index (χ1) is 6.60. The number of alkyl halides is 1. The Labute approximate surface area is 91.4 Å². The number of methoxy groups -OCH3 is 1. The van der Waals surface area contributed by atoms with E-state index in [4.69, 9.17) is 10.5 Å². The Balaban J connectivity index is 3.24. The van der Waals surface area contributed by atoms with Gasteiger partial charge >= 0.3 is 0 Å². The van der Waals surface area contributed by atoms with Gasteiger partial charge in [0.05, 0.1) is 12.4 Å². The largest absolute Gasteiger partial charge is 0.496 e. The molecule has 0 aliphatic carbocycles. The molecule has 0 heterocycles. The van der Waals surface area contributed by atoms with Crippen molar-refractivity contribution in [2.75, 3.05) is 18.2 Å². The van der Waals surface area contributed by atoms with Gasteiger partial charge in [0.1, 0.15) is 5.75 Å². The first-order valence-corrected chi connectivity index (χ1v) is 5.25. The van der Waals surface area contributed by atoms with Gasteiger partial charge in [-0.05, 0) is 24.6 Å². The molecule has 1 aromatic rings. The first-order valence-electron chi connectivity index (χ1n) is 4.13. The molecule has 0 fully saturated rings. The predicted molar refractivity (Wildman–Crippen MR) is 60.3 cm³/mol. The van der Waals surface area contributed by atoms with Gasteiger partial charge in [-0.1, -0.05) is 15.9 Å². The summed E-state index contributed by atoms with van der Waals surface area (Å²) in [5.74, 6) is 0.643. The number of Topliss-reactive ketones (excluding diaryl/α,β-unsaturated/α-hetero) is 1. The number of halogens is 1. The second-order valence-electron chi connectivity index (χ2n) is 2.97. The zero-order valence-electron chi connectivity index (χ0n) is 8.13. The number of carbonyl (C=O) groups excluding carboxylic acids is 1. The van der Waals surface area contributed by atoms with Crippen LogP contribution in [0.5, 0.6) is 5.75 Å². The number of carbonyl (C=O) groups is 1. The van der Waals surface area contributed by atoms with Crippen molar-refractivity contribution in [2.45, 2.75) is 6.92 Å². The van der Waals surface area contributed by atoms with Gasteiger partial charge in [0.25, 0.3) is 0 Å². The highest BCUT2D eigenvalue weighted by Crippen LogP contribution is 2.25. The summed E-state index contributed by atoms with van der Waals surface area (Å²) >= 11 is 3.10. The van der Waals surface area contributed by atoms with Crippen LogP contribution in [0.25, 0.3) is 0 Å². The highest BCUT2D eigenvalue weighted by atomic mass is 79.9. The summed E-state index contributed by atoms with van der Waals surface area (Å²) < 4.78 is 5.11. The lowest BCUT2D eigenvalue weighted by Gasteiger charge is -2.09. The molecule has 3 nitrogen and oxygen atoms in total. The van der Waals surface area contributed by atoms with Crippen molar-refractivity contribution in [3.63, 3.8) is 0 Å². The number of nitrogen functional groups attached to an aromatic ring is 1. The second-order valence-corrected chi connectivity index (χ2v) is 3.53. The molecule has 1 aromatic carbocycles. The second kappa shape index (κ2) is 4.46.